The summed E-state index contributed by atoms with van der Waals surface area (Å²) in [5.74, 6) is 0.855. The molecule has 0 spiro atoms. The van der Waals surface area contributed by atoms with Crippen LogP contribution in [0.2, 0.25) is 0 Å². The SMILES string of the molecule is CCN(Cc1ccccn1)Cc1cc(C)on1. The average Bonchev–Trinajstić information content (AvgIpc) is 2.75. The van der Waals surface area contributed by atoms with Crippen LogP contribution >= 0.6 is 0 Å². The second-order valence-electron chi connectivity index (χ2n) is 4.05. The number of aryl methyl sites for hydroxylation is 1. The van der Waals surface area contributed by atoms with E-state index in [0.717, 1.165) is 36.8 Å². The molecule has 2 heterocycles. The Kier molecular flexibility index (Phi) is 3.88. The molecule has 0 aliphatic carbocycles. The monoisotopic (exact) mass is 231 g/mol. The van der Waals surface area contributed by atoms with Gasteiger partial charge in [-0.15, -0.1) is 0 Å². The molecule has 2 aromatic heterocycles. The third-order valence-electron chi connectivity index (χ3n) is 2.62. The van der Waals surface area contributed by atoms with Gasteiger partial charge in [0, 0.05) is 25.4 Å². The summed E-state index contributed by atoms with van der Waals surface area (Å²) >= 11 is 0. The van der Waals surface area contributed by atoms with E-state index in [1.165, 1.54) is 0 Å². The topological polar surface area (TPSA) is 42.2 Å². The Morgan fingerprint density at radius 2 is 2.06 bits per heavy atom. The number of aromatic nitrogens is 2. The zero-order valence-electron chi connectivity index (χ0n) is 10.3. The lowest BCUT2D eigenvalue weighted by Crippen LogP contribution is -2.22. The molecule has 4 nitrogen and oxygen atoms in total. The Bertz CT molecular complexity index is 453. The molecule has 0 atom stereocenters. The highest BCUT2D eigenvalue weighted by atomic mass is 16.5. The molecule has 0 aliphatic rings. The zero-order valence-corrected chi connectivity index (χ0v) is 10.3. The van der Waals surface area contributed by atoms with E-state index in [1.807, 2.05) is 37.4 Å². The Hall–Kier alpha value is -1.68. The van der Waals surface area contributed by atoms with Crippen molar-refractivity contribution in [2.24, 2.45) is 0 Å². The fourth-order valence-corrected chi connectivity index (χ4v) is 1.72. The van der Waals surface area contributed by atoms with E-state index in [0.29, 0.717) is 0 Å². The lowest BCUT2D eigenvalue weighted by molar-refractivity contribution is 0.258. The van der Waals surface area contributed by atoms with Crippen LogP contribution in [-0.4, -0.2) is 21.6 Å². The third-order valence-corrected chi connectivity index (χ3v) is 2.62. The van der Waals surface area contributed by atoms with Crippen molar-refractivity contribution in [3.63, 3.8) is 0 Å². The van der Waals surface area contributed by atoms with Gasteiger partial charge in [0.2, 0.25) is 0 Å². The molecule has 0 radical (unpaired) electrons. The Morgan fingerprint density at radius 1 is 1.24 bits per heavy atom. The van der Waals surface area contributed by atoms with Crippen LogP contribution in [0.1, 0.15) is 24.1 Å². The van der Waals surface area contributed by atoms with Crippen molar-refractivity contribution in [1.29, 1.82) is 0 Å². The van der Waals surface area contributed by atoms with Gasteiger partial charge in [0.15, 0.2) is 0 Å². The molecule has 0 saturated carbocycles. The third kappa shape index (κ3) is 3.39. The van der Waals surface area contributed by atoms with Crippen LogP contribution in [0.5, 0.6) is 0 Å². The standard InChI is InChI=1S/C13H17N3O/c1-3-16(9-12-6-4-5-7-14-12)10-13-8-11(2)17-15-13/h4-8H,3,9-10H2,1-2H3. The van der Waals surface area contributed by atoms with Gasteiger partial charge >= 0.3 is 0 Å². The second kappa shape index (κ2) is 5.59. The predicted molar refractivity (Wildman–Crippen MR) is 65.3 cm³/mol. The van der Waals surface area contributed by atoms with Gasteiger partial charge in [0.1, 0.15) is 5.76 Å². The quantitative estimate of drug-likeness (QED) is 0.792. The molecule has 0 amide bonds. The van der Waals surface area contributed by atoms with Gasteiger partial charge < -0.3 is 4.52 Å². The van der Waals surface area contributed by atoms with E-state index in [1.54, 1.807) is 0 Å². The first-order chi connectivity index (χ1) is 8.28. The van der Waals surface area contributed by atoms with E-state index in [-0.39, 0.29) is 0 Å². The van der Waals surface area contributed by atoms with Crippen molar-refractivity contribution >= 4 is 0 Å². The van der Waals surface area contributed by atoms with Gasteiger partial charge in [-0.2, -0.15) is 0 Å². The maximum atomic E-state index is 5.07. The summed E-state index contributed by atoms with van der Waals surface area (Å²) in [4.78, 5) is 6.61. The second-order valence-corrected chi connectivity index (χ2v) is 4.05. The van der Waals surface area contributed by atoms with Crippen molar-refractivity contribution in [2.75, 3.05) is 6.54 Å². The molecule has 0 fully saturated rings. The van der Waals surface area contributed by atoms with E-state index >= 15 is 0 Å². The number of hydrogen-bond donors (Lipinski definition) is 0. The fourth-order valence-electron chi connectivity index (χ4n) is 1.72. The summed E-state index contributed by atoms with van der Waals surface area (Å²) < 4.78 is 5.07. The largest absolute Gasteiger partial charge is 0.361 e. The molecule has 0 N–H and O–H groups in total. The first kappa shape index (κ1) is 11.8. The van der Waals surface area contributed by atoms with Gasteiger partial charge in [-0.3, -0.25) is 9.88 Å². The Morgan fingerprint density at radius 3 is 2.65 bits per heavy atom. The van der Waals surface area contributed by atoms with Crippen LogP contribution in [0.25, 0.3) is 0 Å². The smallest absolute Gasteiger partial charge is 0.133 e. The fraction of sp³-hybridized carbons (Fsp3) is 0.385. The van der Waals surface area contributed by atoms with Gasteiger partial charge in [0.25, 0.3) is 0 Å². The average molecular weight is 231 g/mol. The summed E-state index contributed by atoms with van der Waals surface area (Å²) in [5.41, 5.74) is 2.05. The predicted octanol–water partition coefficient (Wildman–Crippen LogP) is 2.40. The molecule has 2 aromatic rings. The number of nitrogens with zero attached hydrogens (tertiary/aromatic N) is 3. The minimum Gasteiger partial charge on any atom is -0.361 e. The molecule has 0 aliphatic heterocycles. The molecule has 17 heavy (non-hydrogen) atoms. The molecule has 0 unspecified atom stereocenters. The van der Waals surface area contributed by atoms with Crippen molar-refractivity contribution in [3.8, 4) is 0 Å². The minimum absolute atomic E-state index is 0.796. The summed E-state index contributed by atoms with van der Waals surface area (Å²) in [6.07, 6.45) is 1.82. The van der Waals surface area contributed by atoms with Crippen LogP contribution in [-0.2, 0) is 13.1 Å². The van der Waals surface area contributed by atoms with Gasteiger partial charge in [-0.25, -0.2) is 0 Å². The maximum Gasteiger partial charge on any atom is 0.133 e. The lowest BCUT2D eigenvalue weighted by atomic mass is 10.3. The Labute approximate surface area is 101 Å². The maximum absolute atomic E-state index is 5.07. The zero-order chi connectivity index (χ0) is 12.1. The molecule has 0 aromatic carbocycles. The summed E-state index contributed by atoms with van der Waals surface area (Å²) in [6.45, 7) is 6.64. The molecule has 4 heteroatoms. The van der Waals surface area contributed by atoms with Crippen LogP contribution in [0.15, 0.2) is 35.0 Å². The molecular weight excluding hydrogens is 214 g/mol. The van der Waals surface area contributed by atoms with E-state index in [4.69, 9.17) is 4.52 Å². The van der Waals surface area contributed by atoms with E-state index in [9.17, 15) is 0 Å². The summed E-state index contributed by atoms with van der Waals surface area (Å²) in [7, 11) is 0. The number of pyridine rings is 1. The van der Waals surface area contributed by atoms with Crippen molar-refractivity contribution in [2.45, 2.75) is 26.9 Å². The van der Waals surface area contributed by atoms with Crippen molar-refractivity contribution in [3.05, 3.63) is 47.6 Å². The number of rotatable bonds is 5. The highest BCUT2D eigenvalue weighted by Crippen LogP contribution is 2.08. The van der Waals surface area contributed by atoms with Crippen molar-refractivity contribution < 1.29 is 4.52 Å². The molecule has 0 bridgehead atoms. The van der Waals surface area contributed by atoms with Crippen LogP contribution in [0.4, 0.5) is 0 Å². The lowest BCUT2D eigenvalue weighted by Gasteiger charge is -2.18. The summed E-state index contributed by atoms with van der Waals surface area (Å²) in [5, 5.41) is 4.01. The van der Waals surface area contributed by atoms with Crippen LogP contribution in [0.3, 0.4) is 0 Å². The molecule has 0 saturated heterocycles. The van der Waals surface area contributed by atoms with E-state index in [2.05, 4.69) is 22.0 Å². The molecular formula is C13H17N3O. The van der Waals surface area contributed by atoms with Crippen LogP contribution < -0.4 is 0 Å². The first-order valence-corrected chi connectivity index (χ1v) is 5.82. The minimum atomic E-state index is 0.796. The van der Waals surface area contributed by atoms with Gasteiger partial charge in [-0.05, 0) is 25.6 Å². The van der Waals surface area contributed by atoms with Gasteiger partial charge in [0.05, 0.1) is 11.4 Å². The van der Waals surface area contributed by atoms with E-state index < -0.39 is 0 Å². The van der Waals surface area contributed by atoms with Crippen LogP contribution in [0, 0.1) is 6.92 Å². The number of hydrogen-bond acceptors (Lipinski definition) is 4. The molecule has 2 rings (SSSR count). The highest BCUT2D eigenvalue weighted by molar-refractivity contribution is 5.06. The van der Waals surface area contributed by atoms with Crippen molar-refractivity contribution in [1.82, 2.24) is 15.0 Å². The normalized spacial score (nSPS) is 11.0. The highest BCUT2D eigenvalue weighted by Gasteiger charge is 2.08. The molecule has 90 valence electrons. The summed E-state index contributed by atoms with van der Waals surface area (Å²) in [6, 6.07) is 7.95. The van der Waals surface area contributed by atoms with Gasteiger partial charge in [-0.1, -0.05) is 18.1 Å². The first-order valence-electron chi connectivity index (χ1n) is 5.82. The Balaban J connectivity index is 1.98.